The zero-order valence-electron chi connectivity index (χ0n) is 21.0. The standard InChI is InChI=1S/C27H23FN4O7S/c1-38-22-12-16(2-11-21(22)39-15-25(35)36)14-29-31-27-32(19-7-9-20(33)10-8-19)26(37)23(40-27)13-24(34)30-18-5-3-17(28)4-6-18/h2-12,14,23,33H,13,15H2,1H3,(H,30,34)(H,35,36)/b29-14+,31-27+. The highest BCUT2D eigenvalue weighted by atomic mass is 32.2. The highest BCUT2D eigenvalue weighted by Gasteiger charge is 2.40. The van der Waals surface area contributed by atoms with Crippen LogP contribution in [0.4, 0.5) is 15.8 Å². The minimum atomic E-state index is -1.13. The number of aromatic hydroxyl groups is 1. The zero-order valence-corrected chi connectivity index (χ0v) is 21.8. The molecule has 3 aromatic carbocycles. The lowest BCUT2D eigenvalue weighted by Crippen LogP contribution is -2.33. The average Bonchev–Trinajstić information content (AvgIpc) is 3.23. The third-order valence-corrected chi connectivity index (χ3v) is 6.56. The lowest BCUT2D eigenvalue weighted by Gasteiger charge is -2.16. The minimum Gasteiger partial charge on any atom is -0.508 e. The Bertz CT molecular complexity index is 1460. The molecule has 1 saturated heterocycles. The second-order valence-corrected chi connectivity index (χ2v) is 9.45. The Balaban J connectivity index is 1.53. The Labute approximate surface area is 231 Å². The van der Waals surface area contributed by atoms with Gasteiger partial charge in [-0.3, -0.25) is 14.5 Å². The fraction of sp³-hybridized carbons (Fsp3) is 0.148. The van der Waals surface area contributed by atoms with Gasteiger partial charge in [0.05, 0.1) is 19.0 Å². The van der Waals surface area contributed by atoms with Gasteiger partial charge in [-0.2, -0.15) is 5.10 Å². The van der Waals surface area contributed by atoms with Crippen LogP contribution in [-0.4, -0.2) is 58.3 Å². The number of halogens is 1. The van der Waals surface area contributed by atoms with Gasteiger partial charge in [-0.05, 0) is 72.3 Å². The van der Waals surface area contributed by atoms with Crippen LogP contribution in [0.1, 0.15) is 12.0 Å². The first-order chi connectivity index (χ1) is 19.2. The van der Waals surface area contributed by atoms with Crippen LogP contribution in [0.3, 0.4) is 0 Å². The number of amides is 2. The molecule has 0 spiro atoms. The van der Waals surface area contributed by atoms with Crippen LogP contribution >= 0.6 is 11.8 Å². The number of carboxylic acid groups (broad SMARTS) is 1. The van der Waals surface area contributed by atoms with Crippen molar-refractivity contribution in [3.63, 3.8) is 0 Å². The Morgan fingerprint density at radius 2 is 1.82 bits per heavy atom. The predicted octanol–water partition coefficient (Wildman–Crippen LogP) is 3.87. The number of anilines is 2. The van der Waals surface area contributed by atoms with E-state index in [4.69, 9.17) is 14.6 Å². The Morgan fingerprint density at radius 1 is 1.10 bits per heavy atom. The van der Waals surface area contributed by atoms with Crippen LogP contribution in [0.2, 0.25) is 0 Å². The molecule has 2 amide bonds. The summed E-state index contributed by atoms with van der Waals surface area (Å²) in [5.41, 5.74) is 1.38. The normalized spacial score (nSPS) is 15.9. The maximum absolute atomic E-state index is 13.3. The number of methoxy groups -OCH3 is 1. The van der Waals surface area contributed by atoms with Gasteiger partial charge in [0.15, 0.2) is 23.3 Å². The second kappa shape index (κ2) is 12.8. The highest BCUT2D eigenvalue weighted by Crippen LogP contribution is 2.35. The van der Waals surface area contributed by atoms with Crippen LogP contribution in [0.5, 0.6) is 17.2 Å². The number of nitrogens with zero attached hydrogens (tertiary/aromatic N) is 3. The minimum absolute atomic E-state index is 0.0134. The first-order valence-corrected chi connectivity index (χ1v) is 12.6. The van der Waals surface area contributed by atoms with Crippen molar-refractivity contribution >= 4 is 52.3 Å². The summed E-state index contributed by atoms with van der Waals surface area (Å²) in [7, 11) is 1.41. The number of amidine groups is 1. The van der Waals surface area contributed by atoms with Crippen molar-refractivity contribution in [3.8, 4) is 17.2 Å². The average molecular weight is 567 g/mol. The number of aliphatic carboxylic acids is 1. The number of phenolic OH excluding ortho intramolecular Hbond substituents is 1. The molecule has 4 rings (SSSR count). The second-order valence-electron chi connectivity index (χ2n) is 8.28. The Hall–Kier alpha value is -4.91. The van der Waals surface area contributed by atoms with Crippen LogP contribution in [0.15, 0.2) is 76.9 Å². The van der Waals surface area contributed by atoms with Gasteiger partial charge in [-0.1, -0.05) is 11.8 Å². The van der Waals surface area contributed by atoms with Gasteiger partial charge in [-0.15, -0.1) is 5.10 Å². The van der Waals surface area contributed by atoms with E-state index in [1.807, 2.05) is 0 Å². The number of benzene rings is 3. The van der Waals surface area contributed by atoms with Gasteiger partial charge in [0, 0.05) is 12.1 Å². The molecule has 1 aliphatic rings. The number of rotatable bonds is 10. The lowest BCUT2D eigenvalue weighted by atomic mass is 10.2. The van der Waals surface area contributed by atoms with Crippen LogP contribution in [-0.2, 0) is 14.4 Å². The van der Waals surface area contributed by atoms with Crippen LogP contribution in [0, 0.1) is 5.82 Å². The van der Waals surface area contributed by atoms with Crippen molar-refractivity contribution in [2.24, 2.45) is 10.2 Å². The van der Waals surface area contributed by atoms with E-state index in [0.717, 1.165) is 11.8 Å². The third-order valence-electron chi connectivity index (χ3n) is 5.43. The largest absolute Gasteiger partial charge is 0.508 e. The first-order valence-electron chi connectivity index (χ1n) is 11.7. The van der Waals surface area contributed by atoms with E-state index >= 15 is 0 Å². The van der Waals surface area contributed by atoms with E-state index in [9.17, 15) is 23.9 Å². The number of hydrogen-bond acceptors (Lipinski definition) is 9. The summed E-state index contributed by atoms with van der Waals surface area (Å²) in [6, 6.07) is 15.9. The summed E-state index contributed by atoms with van der Waals surface area (Å²) in [6.45, 7) is -0.529. The summed E-state index contributed by atoms with van der Waals surface area (Å²) in [5.74, 6) is -1.86. The summed E-state index contributed by atoms with van der Waals surface area (Å²) in [4.78, 5) is 38.0. The van der Waals surface area contributed by atoms with Crippen LogP contribution in [0.25, 0.3) is 0 Å². The molecule has 206 valence electrons. The van der Waals surface area contributed by atoms with Gasteiger partial charge >= 0.3 is 5.97 Å². The van der Waals surface area contributed by atoms with Gasteiger partial charge in [0.25, 0.3) is 0 Å². The fourth-order valence-electron chi connectivity index (χ4n) is 3.59. The smallest absolute Gasteiger partial charge is 0.341 e. The van der Waals surface area contributed by atoms with E-state index in [-0.39, 0.29) is 23.1 Å². The zero-order chi connectivity index (χ0) is 28.6. The van der Waals surface area contributed by atoms with Gasteiger partial charge < -0.3 is 25.0 Å². The molecule has 40 heavy (non-hydrogen) atoms. The van der Waals surface area contributed by atoms with Crippen molar-refractivity contribution in [2.45, 2.75) is 11.7 Å². The number of thioether (sulfide) groups is 1. The molecule has 1 atom stereocenters. The molecule has 0 saturated carbocycles. The molecule has 1 aliphatic heterocycles. The molecular formula is C27H23FN4O7S. The molecule has 3 aromatic rings. The molecule has 0 aliphatic carbocycles. The number of carboxylic acids is 1. The molecule has 1 heterocycles. The number of carbonyl (C=O) groups excluding carboxylic acids is 2. The van der Waals surface area contributed by atoms with Crippen molar-refractivity contribution in [1.29, 1.82) is 0 Å². The summed E-state index contributed by atoms with van der Waals surface area (Å²) in [5, 5.41) is 28.8. The lowest BCUT2D eigenvalue weighted by molar-refractivity contribution is -0.139. The molecule has 1 unspecified atom stereocenters. The number of hydrogen-bond donors (Lipinski definition) is 3. The van der Waals surface area contributed by atoms with Crippen LogP contribution < -0.4 is 19.7 Å². The quantitative estimate of drug-likeness (QED) is 0.247. The molecule has 3 N–H and O–H groups in total. The van der Waals surface area contributed by atoms with E-state index < -0.39 is 35.5 Å². The third kappa shape index (κ3) is 7.14. The number of nitrogens with one attached hydrogen (secondary N) is 1. The summed E-state index contributed by atoms with van der Waals surface area (Å²) >= 11 is 1.05. The molecule has 0 bridgehead atoms. The molecule has 0 aromatic heterocycles. The van der Waals surface area contributed by atoms with Crippen molar-refractivity contribution < 1.29 is 38.5 Å². The maximum atomic E-state index is 13.3. The van der Waals surface area contributed by atoms with E-state index in [2.05, 4.69) is 15.5 Å². The van der Waals surface area contributed by atoms with Gasteiger partial charge in [0.2, 0.25) is 11.8 Å². The molecule has 11 nitrogen and oxygen atoms in total. The Morgan fingerprint density at radius 3 is 2.50 bits per heavy atom. The van der Waals surface area contributed by atoms with Crippen molar-refractivity contribution in [3.05, 3.63) is 78.1 Å². The predicted molar refractivity (Wildman–Crippen MR) is 148 cm³/mol. The van der Waals surface area contributed by atoms with Crippen molar-refractivity contribution in [1.82, 2.24) is 0 Å². The van der Waals surface area contributed by atoms with Gasteiger partial charge in [-0.25, -0.2) is 9.18 Å². The van der Waals surface area contributed by atoms with Gasteiger partial charge in [0.1, 0.15) is 16.8 Å². The number of ether oxygens (including phenoxy) is 2. The molecule has 0 radical (unpaired) electrons. The summed E-state index contributed by atoms with van der Waals surface area (Å²) in [6.07, 6.45) is 1.23. The fourth-order valence-corrected chi connectivity index (χ4v) is 4.68. The molecule has 13 heteroatoms. The van der Waals surface area contributed by atoms with E-state index in [0.29, 0.717) is 22.7 Å². The Kier molecular flexibility index (Phi) is 8.96. The maximum Gasteiger partial charge on any atom is 0.341 e. The first kappa shape index (κ1) is 28.1. The van der Waals surface area contributed by atoms with E-state index in [1.54, 1.807) is 12.1 Å². The topological polar surface area (TPSA) is 150 Å². The molecule has 1 fully saturated rings. The number of carbonyl (C=O) groups is 3. The van der Waals surface area contributed by atoms with E-state index in [1.165, 1.54) is 72.8 Å². The summed E-state index contributed by atoms with van der Waals surface area (Å²) < 4.78 is 23.6. The SMILES string of the molecule is COc1cc(/C=N/N=C2/SC(CC(=O)Nc3ccc(F)cc3)C(=O)N2c2ccc(O)cc2)ccc1OCC(=O)O. The highest BCUT2D eigenvalue weighted by molar-refractivity contribution is 8.16. The van der Waals surface area contributed by atoms with Crippen molar-refractivity contribution in [2.75, 3.05) is 23.9 Å². The monoisotopic (exact) mass is 566 g/mol. The molecular weight excluding hydrogens is 543 g/mol. The number of phenols is 1.